The summed E-state index contributed by atoms with van der Waals surface area (Å²) in [4.78, 5) is 27.6. The number of ketones is 1. The molecular weight excluding hydrogens is 282 g/mol. The molecule has 0 heterocycles. The van der Waals surface area contributed by atoms with Gasteiger partial charge in [0, 0.05) is 5.54 Å². The summed E-state index contributed by atoms with van der Waals surface area (Å²) in [5, 5.41) is 9.46. The molecule has 0 aliphatic heterocycles. The molecule has 1 rings (SSSR count). The summed E-state index contributed by atoms with van der Waals surface area (Å²) in [6.07, 6.45) is 0.455. The molecule has 1 atom stereocenters. The van der Waals surface area contributed by atoms with Crippen LogP contribution in [0.1, 0.15) is 32.8 Å². The van der Waals surface area contributed by atoms with Crippen LogP contribution in [0.15, 0.2) is 30.3 Å². The summed E-state index contributed by atoms with van der Waals surface area (Å²) in [7, 11) is 0. The molecule has 0 unspecified atom stereocenters. The molecule has 0 saturated carbocycles. The predicted molar refractivity (Wildman–Crippen MR) is 82.9 cm³/mol. The van der Waals surface area contributed by atoms with E-state index >= 15 is 0 Å². The molecule has 1 aromatic rings. The van der Waals surface area contributed by atoms with Crippen molar-refractivity contribution in [1.82, 2.24) is 4.90 Å². The van der Waals surface area contributed by atoms with Crippen LogP contribution in [0.2, 0.25) is 0 Å². The van der Waals surface area contributed by atoms with Gasteiger partial charge in [-0.25, -0.2) is 4.79 Å². The summed E-state index contributed by atoms with van der Waals surface area (Å²) in [5.74, 6) is -0.532. The van der Waals surface area contributed by atoms with Crippen molar-refractivity contribution in [2.75, 3.05) is 0 Å². The van der Waals surface area contributed by atoms with Crippen molar-refractivity contribution in [3.8, 4) is 0 Å². The first kappa shape index (κ1) is 17.6. The number of carbonyl (C=O) groups is 2. The molecule has 0 saturated heterocycles. The molecule has 118 valence electrons. The molecule has 0 fully saturated rings. The highest BCUT2D eigenvalue weighted by Crippen LogP contribution is 2.21. The molecule has 0 bridgehead atoms. The van der Waals surface area contributed by atoms with E-state index in [1.807, 2.05) is 30.3 Å². The summed E-state index contributed by atoms with van der Waals surface area (Å²) in [6.45, 7) is 5.17. The number of nitrogens with zero attached hydrogens (tertiary/aromatic N) is 3. The number of carbonyl (C=O) groups excluding carboxylic acids is 1. The van der Waals surface area contributed by atoms with Gasteiger partial charge in [-0.1, -0.05) is 30.3 Å². The average Bonchev–Trinajstić information content (AvgIpc) is 2.42. The van der Waals surface area contributed by atoms with Crippen LogP contribution in [0.25, 0.3) is 5.53 Å². The quantitative estimate of drug-likeness (QED) is 0.497. The molecule has 6 heteroatoms. The van der Waals surface area contributed by atoms with Crippen molar-refractivity contribution in [2.45, 2.75) is 45.2 Å². The maximum Gasteiger partial charge on any atom is 0.408 e. The van der Waals surface area contributed by atoms with E-state index in [1.165, 1.54) is 0 Å². The van der Waals surface area contributed by atoms with E-state index in [4.69, 9.17) is 5.53 Å². The third-order valence-electron chi connectivity index (χ3n) is 3.30. The number of rotatable bonds is 6. The number of Topliss-reactive ketones (excluding diaryl/α,β-unsaturated/α-hetero) is 1. The van der Waals surface area contributed by atoms with Crippen LogP contribution in [0, 0.1) is 0 Å². The minimum absolute atomic E-state index is 0.318. The normalized spacial score (nSPS) is 12.1. The van der Waals surface area contributed by atoms with Gasteiger partial charge in [-0.05, 0) is 39.2 Å². The summed E-state index contributed by atoms with van der Waals surface area (Å²) in [5.41, 5.74) is 8.85. The summed E-state index contributed by atoms with van der Waals surface area (Å²) in [6, 6.07) is 8.62. The topological polar surface area (TPSA) is 94.0 Å². The van der Waals surface area contributed by atoms with Gasteiger partial charge < -0.3 is 10.6 Å². The number of carboxylic acid groups (broad SMARTS) is 1. The Labute approximate surface area is 130 Å². The van der Waals surface area contributed by atoms with Gasteiger partial charge in [-0.2, -0.15) is 4.79 Å². The molecule has 22 heavy (non-hydrogen) atoms. The number of hydrogen-bond donors (Lipinski definition) is 1. The van der Waals surface area contributed by atoms with Gasteiger partial charge in [0.15, 0.2) is 0 Å². The Balaban J connectivity index is 3.04. The van der Waals surface area contributed by atoms with Gasteiger partial charge in [-0.15, -0.1) is 0 Å². The van der Waals surface area contributed by atoms with Gasteiger partial charge in [-0.3, -0.25) is 9.69 Å². The molecule has 6 nitrogen and oxygen atoms in total. The fourth-order valence-corrected chi connectivity index (χ4v) is 2.38. The molecule has 0 radical (unpaired) electrons. The van der Waals surface area contributed by atoms with Gasteiger partial charge in [0.25, 0.3) is 5.78 Å². The van der Waals surface area contributed by atoms with Gasteiger partial charge in [0.1, 0.15) is 6.04 Å². The molecule has 0 aromatic heterocycles. The second-order valence-electron chi connectivity index (χ2n) is 6.01. The SMILES string of the molecule is CC(C)(C)N(C(=O)O)[C@@H](CCc1ccccc1)C(=O)C=[N+]=[N-]. The van der Waals surface area contributed by atoms with E-state index < -0.39 is 23.5 Å². The molecule has 0 aliphatic rings. The number of amides is 1. The van der Waals surface area contributed by atoms with Crippen LogP contribution < -0.4 is 0 Å². The lowest BCUT2D eigenvalue weighted by Crippen LogP contribution is -2.54. The minimum Gasteiger partial charge on any atom is -0.465 e. The first-order valence-electron chi connectivity index (χ1n) is 7.05. The van der Waals surface area contributed by atoms with Crippen LogP contribution in [-0.4, -0.2) is 44.5 Å². The number of benzene rings is 1. The lowest BCUT2D eigenvalue weighted by atomic mass is 9.96. The van der Waals surface area contributed by atoms with Gasteiger partial charge >= 0.3 is 12.3 Å². The fraction of sp³-hybridized carbons (Fsp3) is 0.438. The van der Waals surface area contributed by atoms with E-state index in [0.717, 1.165) is 16.7 Å². The lowest BCUT2D eigenvalue weighted by molar-refractivity contribution is -0.122. The Morgan fingerprint density at radius 2 is 1.91 bits per heavy atom. The minimum atomic E-state index is -1.18. The largest absolute Gasteiger partial charge is 0.465 e. The van der Waals surface area contributed by atoms with Crippen molar-refractivity contribution in [3.05, 3.63) is 41.4 Å². The highest BCUT2D eigenvalue weighted by molar-refractivity contribution is 6.28. The van der Waals surface area contributed by atoms with E-state index in [0.29, 0.717) is 12.8 Å². The van der Waals surface area contributed by atoms with E-state index in [2.05, 4.69) is 4.79 Å². The Morgan fingerprint density at radius 3 is 2.36 bits per heavy atom. The molecule has 0 aliphatic carbocycles. The van der Waals surface area contributed by atoms with Crippen molar-refractivity contribution < 1.29 is 19.5 Å². The zero-order chi connectivity index (χ0) is 16.8. The molecular formula is C16H21N3O3. The monoisotopic (exact) mass is 303 g/mol. The predicted octanol–water partition coefficient (Wildman–Crippen LogP) is 2.64. The van der Waals surface area contributed by atoms with Crippen LogP contribution in [0.4, 0.5) is 4.79 Å². The second kappa shape index (κ2) is 7.52. The van der Waals surface area contributed by atoms with Crippen LogP contribution in [0.5, 0.6) is 0 Å². The van der Waals surface area contributed by atoms with Crippen molar-refractivity contribution in [1.29, 1.82) is 0 Å². The van der Waals surface area contributed by atoms with E-state index in [1.54, 1.807) is 20.8 Å². The van der Waals surface area contributed by atoms with Crippen molar-refractivity contribution in [2.24, 2.45) is 0 Å². The Morgan fingerprint density at radius 1 is 1.32 bits per heavy atom. The third kappa shape index (κ3) is 4.82. The average molecular weight is 303 g/mol. The Hall–Kier alpha value is -2.46. The second-order valence-corrected chi connectivity index (χ2v) is 6.01. The van der Waals surface area contributed by atoms with Crippen LogP contribution >= 0.6 is 0 Å². The summed E-state index contributed by atoms with van der Waals surface area (Å²) >= 11 is 0. The first-order valence-corrected chi connectivity index (χ1v) is 7.05. The smallest absolute Gasteiger partial charge is 0.408 e. The standard InChI is InChI=1S/C16H21N3O3/c1-16(2,3)19(15(21)22)13(14(20)11-18-17)10-9-12-7-5-4-6-8-12/h4-8,11,13H,9-10H2,1-3H3,(H,21,22)/t13-/m0/s1. The zero-order valence-corrected chi connectivity index (χ0v) is 13.1. The fourth-order valence-electron chi connectivity index (χ4n) is 2.38. The number of aryl methyl sites for hydroxylation is 1. The zero-order valence-electron chi connectivity index (χ0n) is 13.1. The maximum atomic E-state index is 12.1. The molecule has 1 amide bonds. The van der Waals surface area contributed by atoms with Crippen molar-refractivity contribution >= 4 is 18.1 Å². The van der Waals surface area contributed by atoms with Crippen molar-refractivity contribution in [3.63, 3.8) is 0 Å². The number of hydrogen-bond acceptors (Lipinski definition) is 2. The van der Waals surface area contributed by atoms with Gasteiger partial charge in [0.05, 0.1) is 0 Å². The Kier molecular flexibility index (Phi) is 6.01. The summed E-state index contributed by atoms with van der Waals surface area (Å²) < 4.78 is 0. The molecule has 1 N–H and O–H groups in total. The maximum absolute atomic E-state index is 12.1. The van der Waals surface area contributed by atoms with E-state index in [-0.39, 0.29) is 0 Å². The molecule has 0 spiro atoms. The highest BCUT2D eigenvalue weighted by atomic mass is 16.4. The highest BCUT2D eigenvalue weighted by Gasteiger charge is 2.37. The Bertz CT molecular complexity index is 572. The van der Waals surface area contributed by atoms with Crippen LogP contribution in [-0.2, 0) is 11.2 Å². The van der Waals surface area contributed by atoms with Gasteiger partial charge in [0.2, 0.25) is 0 Å². The van der Waals surface area contributed by atoms with E-state index in [9.17, 15) is 14.7 Å². The molecule has 1 aromatic carbocycles. The first-order chi connectivity index (χ1) is 10.3. The third-order valence-corrected chi connectivity index (χ3v) is 3.30. The van der Waals surface area contributed by atoms with Crippen LogP contribution in [0.3, 0.4) is 0 Å². The lowest BCUT2D eigenvalue weighted by Gasteiger charge is -2.37.